The maximum atomic E-state index is 11.3. The molecular weight excluding hydrogens is 258 g/mol. The monoisotopic (exact) mass is 275 g/mol. The van der Waals surface area contributed by atoms with Gasteiger partial charge in [-0.3, -0.25) is 9.59 Å². The number of aryl methyl sites for hydroxylation is 1. The van der Waals surface area contributed by atoms with Gasteiger partial charge in [0, 0.05) is 43.3 Å². The first-order chi connectivity index (χ1) is 9.54. The Morgan fingerprint density at radius 3 is 2.70 bits per heavy atom. The molecule has 0 aliphatic heterocycles. The van der Waals surface area contributed by atoms with Crippen molar-refractivity contribution in [1.29, 1.82) is 0 Å². The number of nitrogens with zero attached hydrogens (tertiary/aromatic N) is 1. The van der Waals surface area contributed by atoms with Crippen LogP contribution in [0.2, 0.25) is 0 Å². The molecule has 0 spiro atoms. The van der Waals surface area contributed by atoms with Crippen molar-refractivity contribution in [3.05, 3.63) is 36.0 Å². The van der Waals surface area contributed by atoms with E-state index < -0.39 is 17.9 Å². The molecule has 106 valence electrons. The van der Waals surface area contributed by atoms with E-state index in [4.69, 9.17) is 0 Å². The molecule has 0 radical (unpaired) electrons. The lowest BCUT2D eigenvalue weighted by Crippen LogP contribution is -2.39. The van der Waals surface area contributed by atoms with E-state index in [1.165, 1.54) is 7.05 Å². The molecule has 1 aromatic heterocycles. The largest absolute Gasteiger partial charge is 0.386 e. The predicted octanol–water partition coefficient (Wildman–Crippen LogP) is 0.0739. The molecule has 20 heavy (non-hydrogen) atoms. The molecule has 3 N–H and O–H groups in total. The molecule has 1 heterocycles. The average molecular weight is 275 g/mol. The van der Waals surface area contributed by atoms with Gasteiger partial charge in [0.1, 0.15) is 0 Å². The molecule has 2 aromatic rings. The molecule has 0 saturated carbocycles. The summed E-state index contributed by atoms with van der Waals surface area (Å²) in [6.07, 6.45) is 0.955. The van der Waals surface area contributed by atoms with Crippen LogP contribution in [0, 0.1) is 0 Å². The van der Waals surface area contributed by atoms with Crippen LogP contribution in [0.5, 0.6) is 0 Å². The van der Waals surface area contributed by atoms with E-state index in [9.17, 15) is 14.7 Å². The normalized spacial score (nSPS) is 12.2. The van der Waals surface area contributed by atoms with Crippen molar-refractivity contribution in [1.82, 2.24) is 15.2 Å². The highest BCUT2D eigenvalue weighted by Gasteiger charge is 2.17. The van der Waals surface area contributed by atoms with Crippen LogP contribution in [0.4, 0.5) is 0 Å². The summed E-state index contributed by atoms with van der Waals surface area (Å²) in [5.74, 6) is -1.48. The maximum absolute atomic E-state index is 11.3. The molecule has 1 unspecified atom stereocenters. The molecular formula is C14H17N3O3. The standard InChI is InChI=1S/C14H17N3O3/c1-15-13(19)14(20)16-7-12(18)10-8-17(2)11-6-4-3-5-9(10)11/h3-6,8,12,18H,7H2,1-2H3,(H,15,19)(H,16,20). The van der Waals surface area contributed by atoms with Gasteiger partial charge in [-0.2, -0.15) is 0 Å². The zero-order chi connectivity index (χ0) is 14.7. The Morgan fingerprint density at radius 1 is 1.30 bits per heavy atom. The highest BCUT2D eigenvalue weighted by atomic mass is 16.3. The third-order valence-electron chi connectivity index (χ3n) is 3.18. The highest BCUT2D eigenvalue weighted by Crippen LogP contribution is 2.25. The SMILES string of the molecule is CNC(=O)C(=O)NCC(O)c1cn(C)c2ccccc12. The summed E-state index contributed by atoms with van der Waals surface area (Å²) >= 11 is 0. The Labute approximate surface area is 116 Å². The second kappa shape index (κ2) is 5.75. The van der Waals surface area contributed by atoms with Crippen LogP contribution in [0.1, 0.15) is 11.7 Å². The fraction of sp³-hybridized carbons (Fsp3) is 0.286. The number of nitrogens with one attached hydrogen (secondary N) is 2. The summed E-state index contributed by atoms with van der Waals surface area (Å²) < 4.78 is 1.91. The third-order valence-corrected chi connectivity index (χ3v) is 3.18. The van der Waals surface area contributed by atoms with E-state index in [0.717, 1.165) is 16.5 Å². The van der Waals surface area contributed by atoms with Crippen LogP contribution < -0.4 is 10.6 Å². The molecule has 0 aliphatic carbocycles. The Bertz CT molecular complexity index is 648. The number of para-hydroxylation sites is 1. The molecule has 2 amide bonds. The van der Waals surface area contributed by atoms with Crippen LogP contribution in [0.15, 0.2) is 30.5 Å². The van der Waals surface area contributed by atoms with Crippen LogP contribution in [0.25, 0.3) is 10.9 Å². The molecule has 6 nitrogen and oxygen atoms in total. The van der Waals surface area contributed by atoms with Crippen LogP contribution in [-0.2, 0) is 16.6 Å². The number of hydrogen-bond acceptors (Lipinski definition) is 3. The van der Waals surface area contributed by atoms with Crippen LogP contribution >= 0.6 is 0 Å². The lowest BCUT2D eigenvalue weighted by molar-refractivity contribution is -0.139. The van der Waals surface area contributed by atoms with E-state index >= 15 is 0 Å². The van der Waals surface area contributed by atoms with Crippen LogP contribution in [-0.4, -0.2) is 35.1 Å². The van der Waals surface area contributed by atoms with Gasteiger partial charge in [0.2, 0.25) is 0 Å². The maximum Gasteiger partial charge on any atom is 0.309 e. The number of aliphatic hydroxyl groups is 1. The molecule has 0 bridgehead atoms. The first kappa shape index (κ1) is 14.1. The number of hydrogen-bond donors (Lipinski definition) is 3. The predicted molar refractivity (Wildman–Crippen MR) is 75.0 cm³/mol. The molecule has 1 atom stereocenters. The van der Waals surface area contributed by atoms with Crippen molar-refractivity contribution < 1.29 is 14.7 Å². The molecule has 2 rings (SSSR count). The molecule has 0 fully saturated rings. The number of aromatic nitrogens is 1. The minimum absolute atomic E-state index is 0.0136. The van der Waals surface area contributed by atoms with Crippen molar-refractivity contribution >= 4 is 22.7 Å². The summed E-state index contributed by atoms with van der Waals surface area (Å²) in [5, 5.41) is 15.7. The topological polar surface area (TPSA) is 83.4 Å². The van der Waals surface area contributed by atoms with E-state index in [2.05, 4.69) is 10.6 Å². The van der Waals surface area contributed by atoms with Gasteiger partial charge in [0.05, 0.1) is 6.10 Å². The van der Waals surface area contributed by atoms with E-state index in [0.29, 0.717) is 0 Å². The fourth-order valence-electron chi connectivity index (χ4n) is 2.13. The number of carbonyl (C=O) groups excluding carboxylic acids is 2. The number of fused-ring (bicyclic) bond motifs is 1. The number of rotatable bonds is 3. The van der Waals surface area contributed by atoms with Crippen molar-refractivity contribution in [3.63, 3.8) is 0 Å². The van der Waals surface area contributed by atoms with E-state index in [-0.39, 0.29) is 6.54 Å². The van der Waals surface area contributed by atoms with Gasteiger partial charge in [0.25, 0.3) is 0 Å². The number of likely N-dealkylation sites (N-methyl/N-ethyl adjacent to an activating group) is 1. The number of benzene rings is 1. The minimum atomic E-state index is -0.866. The summed E-state index contributed by atoms with van der Waals surface area (Å²) in [6.45, 7) is -0.0136. The third kappa shape index (κ3) is 2.65. The Morgan fingerprint density at radius 2 is 2.00 bits per heavy atom. The quantitative estimate of drug-likeness (QED) is 0.693. The first-order valence-electron chi connectivity index (χ1n) is 6.26. The van der Waals surface area contributed by atoms with Gasteiger partial charge in [-0.15, -0.1) is 0 Å². The van der Waals surface area contributed by atoms with E-state index in [1.807, 2.05) is 42.1 Å². The molecule has 0 saturated heterocycles. The molecule has 6 heteroatoms. The lowest BCUT2D eigenvalue weighted by atomic mass is 10.1. The van der Waals surface area contributed by atoms with Gasteiger partial charge in [0.15, 0.2) is 0 Å². The Hall–Kier alpha value is -2.34. The minimum Gasteiger partial charge on any atom is -0.386 e. The number of carbonyl (C=O) groups is 2. The van der Waals surface area contributed by atoms with Crippen LogP contribution in [0.3, 0.4) is 0 Å². The summed E-state index contributed by atoms with van der Waals surface area (Å²) in [7, 11) is 3.27. The van der Waals surface area contributed by atoms with E-state index in [1.54, 1.807) is 0 Å². The highest BCUT2D eigenvalue weighted by molar-refractivity contribution is 6.35. The Balaban J connectivity index is 2.14. The summed E-state index contributed by atoms with van der Waals surface area (Å²) in [4.78, 5) is 22.4. The molecule has 0 aliphatic rings. The summed E-state index contributed by atoms with van der Waals surface area (Å²) in [6, 6.07) is 7.68. The van der Waals surface area contributed by atoms with Crippen molar-refractivity contribution in [2.45, 2.75) is 6.10 Å². The van der Waals surface area contributed by atoms with Crippen molar-refractivity contribution in [3.8, 4) is 0 Å². The van der Waals surface area contributed by atoms with Gasteiger partial charge < -0.3 is 20.3 Å². The number of aliphatic hydroxyl groups excluding tert-OH is 1. The lowest BCUT2D eigenvalue weighted by Gasteiger charge is -2.10. The average Bonchev–Trinajstić information content (AvgIpc) is 2.81. The zero-order valence-corrected chi connectivity index (χ0v) is 11.4. The van der Waals surface area contributed by atoms with Gasteiger partial charge in [-0.1, -0.05) is 18.2 Å². The van der Waals surface area contributed by atoms with Gasteiger partial charge in [-0.05, 0) is 6.07 Å². The molecule has 1 aromatic carbocycles. The second-order valence-corrected chi connectivity index (χ2v) is 4.52. The smallest absolute Gasteiger partial charge is 0.309 e. The summed E-state index contributed by atoms with van der Waals surface area (Å²) in [5.41, 5.74) is 1.72. The van der Waals surface area contributed by atoms with Gasteiger partial charge in [-0.25, -0.2) is 0 Å². The fourth-order valence-corrected chi connectivity index (χ4v) is 2.13. The zero-order valence-electron chi connectivity index (χ0n) is 11.4. The van der Waals surface area contributed by atoms with Crippen molar-refractivity contribution in [2.24, 2.45) is 7.05 Å². The van der Waals surface area contributed by atoms with Gasteiger partial charge >= 0.3 is 11.8 Å². The Kier molecular flexibility index (Phi) is 4.05. The van der Waals surface area contributed by atoms with Crippen molar-refractivity contribution in [2.75, 3.05) is 13.6 Å². The number of amides is 2. The second-order valence-electron chi connectivity index (χ2n) is 4.52. The first-order valence-corrected chi connectivity index (χ1v) is 6.26.